The summed E-state index contributed by atoms with van der Waals surface area (Å²) in [5, 5.41) is 7.21. The Morgan fingerprint density at radius 3 is 2.94 bits per heavy atom. The Hall–Kier alpha value is -1.47. The average molecular weight is 254 g/mol. The van der Waals surface area contributed by atoms with E-state index in [-0.39, 0.29) is 10.6 Å². The Labute approximate surface area is 106 Å². The first-order valence-electron chi connectivity index (χ1n) is 5.49. The summed E-state index contributed by atoms with van der Waals surface area (Å²) in [5.41, 5.74) is 0.262. The highest BCUT2D eigenvalue weighted by Gasteiger charge is 2.09. The maximum absolute atomic E-state index is 11.8. The van der Waals surface area contributed by atoms with Gasteiger partial charge in [0.1, 0.15) is 5.02 Å². The van der Waals surface area contributed by atoms with Crippen LogP contribution < -0.4 is 10.9 Å². The van der Waals surface area contributed by atoms with Crippen LogP contribution in [0.5, 0.6) is 0 Å². The summed E-state index contributed by atoms with van der Waals surface area (Å²) in [6, 6.07) is 0. The van der Waals surface area contributed by atoms with Gasteiger partial charge in [-0.3, -0.25) is 4.79 Å². The lowest BCUT2D eigenvalue weighted by Crippen LogP contribution is -2.26. The molecule has 0 aliphatic carbocycles. The molecule has 1 aromatic rings. The quantitative estimate of drug-likeness (QED) is 0.645. The number of hydrogen-bond acceptors (Lipinski definition) is 3. The fraction of sp³-hybridized carbons (Fsp3) is 0.500. The third-order valence-electron chi connectivity index (χ3n) is 2.11. The van der Waals surface area contributed by atoms with Crippen molar-refractivity contribution in [1.82, 2.24) is 9.78 Å². The van der Waals surface area contributed by atoms with Crippen molar-refractivity contribution >= 4 is 17.3 Å². The van der Waals surface area contributed by atoms with Crippen LogP contribution in [0.4, 0.5) is 5.69 Å². The maximum atomic E-state index is 11.8. The zero-order valence-corrected chi connectivity index (χ0v) is 10.8. The van der Waals surface area contributed by atoms with Crippen LogP contribution in [0.3, 0.4) is 0 Å². The van der Waals surface area contributed by atoms with Gasteiger partial charge in [0.2, 0.25) is 0 Å². The minimum atomic E-state index is -0.272. The molecule has 0 spiro atoms. The Bertz CT molecular complexity index is 474. The molecule has 0 radical (unpaired) electrons. The fourth-order valence-corrected chi connectivity index (χ4v) is 1.55. The topological polar surface area (TPSA) is 46.9 Å². The molecule has 1 N–H and O–H groups in total. The number of aromatic nitrogens is 2. The number of nitrogens with one attached hydrogen (secondary N) is 1. The first-order chi connectivity index (χ1) is 8.06. The second-order valence-corrected chi connectivity index (χ2v) is 4.51. The van der Waals surface area contributed by atoms with Crippen molar-refractivity contribution in [2.75, 3.05) is 11.9 Å². The van der Waals surface area contributed by atoms with Crippen LogP contribution in [0, 0.1) is 18.3 Å². The predicted octanol–water partition coefficient (Wildman–Crippen LogP) is 1.99. The van der Waals surface area contributed by atoms with E-state index in [0.29, 0.717) is 31.1 Å². The van der Waals surface area contributed by atoms with Crippen LogP contribution in [0.1, 0.15) is 20.3 Å². The van der Waals surface area contributed by atoms with Crippen LogP contribution in [-0.2, 0) is 6.54 Å². The van der Waals surface area contributed by atoms with Gasteiger partial charge >= 0.3 is 0 Å². The molecule has 0 bridgehead atoms. The lowest BCUT2D eigenvalue weighted by molar-refractivity contribution is 0.464. The molecule has 0 fully saturated rings. The molecular formula is C12H16ClN3O. The van der Waals surface area contributed by atoms with E-state index in [1.165, 1.54) is 4.68 Å². The number of anilines is 1. The second kappa shape index (κ2) is 6.31. The van der Waals surface area contributed by atoms with Crippen molar-refractivity contribution in [3.05, 3.63) is 21.6 Å². The smallest absolute Gasteiger partial charge is 0.287 e. The van der Waals surface area contributed by atoms with E-state index in [0.717, 1.165) is 0 Å². The summed E-state index contributed by atoms with van der Waals surface area (Å²) in [6.45, 7) is 5.16. The minimum absolute atomic E-state index is 0.165. The molecule has 17 heavy (non-hydrogen) atoms. The van der Waals surface area contributed by atoms with Crippen LogP contribution in [0.2, 0.25) is 5.02 Å². The van der Waals surface area contributed by atoms with Gasteiger partial charge in [-0.15, -0.1) is 12.3 Å². The Morgan fingerprint density at radius 2 is 2.35 bits per heavy atom. The van der Waals surface area contributed by atoms with Gasteiger partial charge in [0.05, 0.1) is 11.9 Å². The van der Waals surface area contributed by atoms with Gasteiger partial charge in [-0.25, -0.2) is 4.68 Å². The minimum Gasteiger partial charge on any atom is -0.381 e. The van der Waals surface area contributed by atoms with E-state index >= 15 is 0 Å². The summed E-state index contributed by atoms with van der Waals surface area (Å²) < 4.78 is 1.37. The van der Waals surface area contributed by atoms with Crippen molar-refractivity contribution in [3.63, 3.8) is 0 Å². The van der Waals surface area contributed by atoms with Crippen molar-refractivity contribution in [3.8, 4) is 12.3 Å². The van der Waals surface area contributed by atoms with E-state index in [9.17, 15) is 4.79 Å². The highest BCUT2D eigenvalue weighted by atomic mass is 35.5. The molecule has 0 aromatic carbocycles. The molecule has 0 atom stereocenters. The van der Waals surface area contributed by atoms with Gasteiger partial charge in [0.15, 0.2) is 0 Å². The molecule has 0 saturated heterocycles. The SMILES string of the molecule is C#CCCNc1cnn(CC(C)C)c(=O)c1Cl. The lowest BCUT2D eigenvalue weighted by atomic mass is 10.2. The monoisotopic (exact) mass is 253 g/mol. The highest BCUT2D eigenvalue weighted by Crippen LogP contribution is 2.15. The van der Waals surface area contributed by atoms with Crippen molar-refractivity contribution in [1.29, 1.82) is 0 Å². The molecule has 4 nitrogen and oxygen atoms in total. The van der Waals surface area contributed by atoms with Crippen LogP contribution >= 0.6 is 11.6 Å². The predicted molar refractivity (Wildman–Crippen MR) is 70.3 cm³/mol. The molecule has 5 heteroatoms. The van der Waals surface area contributed by atoms with Gasteiger partial charge in [-0.05, 0) is 5.92 Å². The molecule has 1 rings (SSSR count). The number of hydrogen-bond donors (Lipinski definition) is 1. The molecule has 0 unspecified atom stereocenters. The molecule has 92 valence electrons. The van der Waals surface area contributed by atoms with Crippen molar-refractivity contribution < 1.29 is 0 Å². The van der Waals surface area contributed by atoms with Crippen LogP contribution in [0.15, 0.2) is 11.0 Å². The van der Waals surface area contributed by atoms with E-state index in [2.05, 4.69) is 16.3 Å². The number of nitrogens with zero attached hydrogens (tertiary/aromatic N) is 2. The van der Waals surface area contributed by atoms with E-state index in [4.69, 9.17) is 18.0 Å². The van der Waals surface area contributed by atoms with E-state index in [1.807, 2.05) is 13.8 Å². The summed E-state index contributed by atoms with van der Waals surface area (Å²) in [7, 11) is 0. The number of halogens is 1. The first-order valence-corrected chi connectivity index (χ1v) is 5.87. The van der Waals surface area contributed by atoms with Crippen molar-refractivity contribution in [2.24, 2.45) is 5.92 Å². The first kappa shape index (κ1) is 13.6. The summed E-state index contributed by atoms with van der Waals surface area (Å²) in [6.07, 6.45) is 7.27. The summed E-state index contributed by atoms with van der Waals surface area (Å²) >= 11 is 5.97. The van der Waals surface area contributed by atoms with Gasteiger partial charge in [0, 0.05) is 19.5 Å². The largest absolute Gasteiger partial charge is 0.381 e. The van der Waals surface area contributed by atoms with Crippen LogP contribution in [-0.4, -0.2) is 16.3 Å². The summed E-state index contributed by atoms with van der Waals surface area (Å²) in [4.78, 5) is 11.8. The number of rotatable bonds is 5. The lowest BCUT2D eigenvalue weighted by Gasteiger charge is -2.10. The van der Waals surface area contributed by atoms with E-state index < -0.39 is 0 Å². The summed E-state index contributed by atoms with van der Waals surface area (Å²) in [5.74, 6) is 2.84. The van der Waals surface area contributed by atoms with Gasteiger partial charge in [-0.2, -0.15) is 5.10 Å². The second-order valence-electron chi connectivity index (χ2n) is 4.13. The third-order valence-corrected chi connectivity index (χ3v) is 2.47. The molecular weight excluding hydrogens is 238 g/mol. The Morgan fingerprint density at radius 1 is 1.65 bits per heavy atom. The van der Waals surface area contributed by atoms with Crippen LogP contribution in [0.25, 0.3) is 0 Å². The zero-order valence-electron chi connectivity index (χ0n) is 10.0. The highest BCUT2D eigenvalue weighted by molar-refractivity contribution is 6.32. The van der Waals surface area contributed by atoms with Crippen molar-refractivity contribution in [2.45, 2.75) is 26.8 Å². The Kier molecular flexibility index (Phi) is 5.05. The average Bonchev–Trinajstić information content (AvgIpc) is 2.28. The third kappa shape index (κ3) is 3.79. The molecule has 1 aromatic heterocycles. The molecule has 0 saturated carbocycles. The fourth-order valence-electron chi connectivity index (χ4n) is 1.33. The maximum Gasteiger partial charge on any atom is 0.287 e. The zero-order chi connectivity index (χ0) is 12.8. The Balaban J connectivity index is 2.87. The van der Waals surface area contributed by atoms with Gasteiger partial charge in [0.25, 0.3) is 5.56 Å². The molecule has 0 aliphatic heterocycles. The normalized spacial score (nSPS) is 10.3. The molecule has 0 aliphatic rings. The standard InChI is InChI=1S/C12H16ClN3O/c1-4-5-6-14-10-7-15-16(8-9(2)3)12(17)11(10)13/h1,7,9,14H,5-6,8H2,2-3H3. The number of terminal acetylenes is 1. The molecule has 0 amide bonds. The van der Waals surface area contributed by atoms with Gasteiger partial charge in [-0.1, -0.05) is 25.4 Å². The molecule has 1 heterocycles. The van der Waals surface area contributed by atoms with E-state index in [1.54, 1.807) is 6.20 Å². The van der Waals surface area contributed by atoms with Gasteiger partial charge < -0.3 is 5.32 Å².